The van der Waals surface area contributed by atoms with Crippen LogP contribution in [0.4, 0.5) is 0 Å². The Morgan fingerprint density at radius 2 is 0.482 bits per heavy atom. The van der Waals surface area contributed by atoms with E-state index in [-0.39, 0.29) is 0 Å². The molecule has 0 saturated carbocycles. The summed E-state index contributed by atoms with van der Waals surface area (Å²) in [7, 11) is 0. The molecule has 0 atom stereocenters. The molecule has 0 heteroatoms. The van der Waals surface area contributed by atoms with Crippen LogP contribution in [0.25, 0.3) is 99.1 Å². The standard InChI is InChI=1S/C56H40/c1-37-17-19-45(43-25-21-41(22-26-43)39-11-5-3-6-12-39)33-53(37)47-29-31-51-49-15-9-10-16-50(49)52-32-30-48(36-56(52)55(51)35-47)54-34-46(20-18-38(54)2)44-27-23-42(24-28-44)40-13-7-4-8-14-40/h3-36H,1-2H3. The van der Waals surface area contributed by atoms with E-state index in [1.807, 2.05) is 0 Å². The van der Waals surface area contributed by atoms with Gasteiger partial charge in [0, 0.05) is 0 Å². The SMILES string of the molecule is Cc1ccc(-c2ccc(-c3ccccc3)cc2)cc1-c1ccc2c3ccccc3c3ccc(-c4cc(-c5ccc(-c6ccccc6)cc5)ccc4C)cc3c2c1. The summed E-state index contributed by atoms with van der Waals surface area (Å²) in [5.74, 6) is 0. The van der Waals surface area contributed by atoms with Crippen LogP contribution in [-0.2, 0) is 0 Å². The Morgan fingerprint density at radius 3 is 0.875 bits per heavy atom. The maximum Gasteiger partial charge on any atom is -0.00926 e. The highest BCUT2D eigenvalue weighted by Crippen LogP contribution is 2.41. The van der Waals surface area contributed by atoms with Crippen molar-refractivity contribution < 1.29 is 0 Å². The van der Waals surface area contributed by atoms with Gasteiger partial charge in [-0.05, 0) is 148 Å². The molecule has 0 N–H and O–H groups in total. The zero-order chi connectivity index (χ0) is 37.6. The number of rotatable bonds is 6. The average molecular weight is 713 g/mol. The van der Waals surface area contributed by atoms with Crippen molar-refractivity contribution in [3.05, 3.63) is 217 Å². The van der Waals surface area contributed by atoms with Crippen LogP contribution in [0.3, 0.4) is 0 Å². The van der Waals surface area contributed by atoms with Crippen LogP contribution in [0.1, 0.15) is 11.1 Å². The quantitative estimate of drug-likeness (QED) is 0.151. The van der Waals surface area contributed by atoms with Crippen molar-refractivity contribution in [1.82, 2.24) is 0 Å². The van der Waals surface area contributed by atoms with Gasteiger partial charge >= 0.3 is 0 Å². The summed E-state index contributed by atoms with van der Waals surface area (Å²) in [6, 6.07) is 75.8. The van der Waals surface area contributed by atoms with Crippen molar-refractivity contribution in [3.63, 3.8) is 0 Å². The monoisotopic (exact) mass is 712 g/mol. The van der Waals surface area contributed by atoms with Crippen LogP contribution in [0, 0.1) is 13.8 Å². The first-order chi connectivity index (χ1) is 27.6. The van der Waals surface area contributed by atoms with Crippen molar-refractivity contribution in [2.45, 2.75) is 13.8 Å². The van der Waals surface area contributed by atoms with Gasteiger partial charge in [-0.25, -0.2) is 0 Å². The highest BCUT2D eigenvalue weighted by molar-refractivity contribution is 6.26. The Morgan fingerprint density at radius 1 is 0.196 bits per heavy atom. The summed E-state index contributed by atoms with van der Waals surface area (Å²) in [6.45, 7) is 4.45. The van der Waals surface area contributed by atoms with Crippen LogP contribution >= 0.6 is 0 Å². The average Bonchev–Trinajstić information content (AvgIpc) is 3.27. The van der Waals surface area contributed by atoms with Gasteiger partial charge in [-0.3, -0.25) is 0 Å². The molecule has 0 aliphatic heterocycles. The van der Waals surface area contributed by atoms with E-state index < -0.39 is 0 Å². The fraction of sp³-hybridized carbons (Fsp3) is 0.0357. The van der Waals surface area contributed by atoms with Crippen LogP contribution in [0.2, 0.25) is 0 Å². The van der Waals surface area contributed by atoms with E-state index in [4.69, 9.17) is 0 Å². The molecule has 0 spiro atoms. The van der Waals surface area contributed by atoms with Gasteiger partial charge in [0.05, 0.1) is 0 Å². The fourth-order valence-electron chi connectivity index (χ4n) is 8.49. The smallest absolute Gasteiger partial charge is 0.00926 e. The second-order valence-electron chi connectivity index (χ2n) is 15.0. The van der Waals surface area contributed by atoms with Crippen molar-refractivity contribution in [3.8, 4) is 66.8 Å². The maximum atomic E-state index is 2.43. The first kappa shape index (κ1) is 33.5. The second kappa shape index (κ2) is 14.0. The van der Waals surface area contributed by atoms with Gasteiger partial charge in [0.15, 0.2) is 0 Å². The zero-order valence-corrected chi connectivity index (χ0v) is 31.6. The molecule has 0 radical (unpaired) electrons. The highest BCUT2D eigenvalue weighted by atomic mass is 14.2. The molecule has 0 saturated heterocycles. The number of aryl methyl sites for hydroxylation is 2. The zero-order valence-electron chi connectivity index (χ0n) is 31.6. The van der Waals surface area contributed by atoms with Crippen LogP contribution in [-0.4, -0.2) is 0 Å². The molecule has 0 nitrogen and oxygen atoms in total. The minimum Gasteiger partial charge on any atom is -0.0622 e. The van der Waals surface area contributed by atoms with Gasteiger partial charge in [0.25, 0.3) is 0 Å². The molecule has 0 heterocycles. The van der Waals surface area contributed by atoms with Gasteiger partial charge in [-0.1, -0.05) is 182 Å². The van der Waals surface area contributed by atoms with Crippen LogP contribution in [0.5, 0.6) is 0 Å². The van der Waals surface area contributed by atoms with E-state index >= 15 is 0 Å². The largest absolute Gasteiger partial charge is 0.0622 e. The molecular formula is C56H40. The van der Waals surface area contributed by atoms with E-state index in [9.17, 15) is 0 Å². The molecule has 0 bridgehead atoms. The molecular weight excluding hydrogens is 673 g/mol. The lowest BCUT2D eigenvalue weighted by Crippen LogP contribution is -1.90. The van der Waals surface area contributed by atoms with E-state index in [1.54, 1.807) is 0 Å². The third kappa shape index (κ3) is 6.06. The molecule has 0 aromatic heterocycles. The first-order valence-electron chi connectivity index (χ1n) is 19.5. The molecule has 0 amide bonds. The Labute approximate surface area is 329 Å². The van der Waals surface area contributed by atoms with Crippen LogP contribution in [0.15, 0.2) is 206 Å². The number of fused-ring (bicyclic) bond motifs is 6. The third-order valence-corrected chi connectivity index (χ3v) is 11.6. The van der Waals surface area contributed by atoms with Crippen molar-refractivity contribution in [2.75, 3.05) is 0 Å². The Balaban J connectivity index is 1.08. The van der Waals surface area contributed by atoms with Crippen LogP contribution < -0.4 is 0 Å². The van der Waals surface area contributed by atoms with E-state index in [0.717, 1.165) is 0 Å². The Hall–Kier alpha value is -7.02. The molecule has 10 aromatic rings. The summed E-state index contributed by atoms with van der Waals surface area (Å²) in [4.78, 5) is 0. The van der Waals surface area contributed by atoms with E-state index in [2.05, 4.69) is 220 Å². The van der Waals surface area contributed by atoms with Gasteiger partial charge in [-0.15, -0.1) is 0 Å². The molecule has 0 aliphatic rings. The fourth-order valence-corrected chi connectivity index (χ4v) is 8.49. The minimum absolute atomic E-state index is 1.22. The Kier molecular flexibility index (Phi) is 8.38. The predicted molar refractivity (Wildman–Crippen MR) is 241 cm³/mol. The number of benzene rings is 10. The van der Waals surface area contributed by atoms with Crippen molar-refractivity contribution in [2.24, 2.45) is 0 Å². The molecule has 10 aromatic carbocycles. The van der Waals surface area contributed by atoms with Crippen molar-refractivity contribution in [1.29, 1.82) is 0 Å². The third-order valence-electron chi connectivity index (χ3n) is 11.6. The number of hydrogen-bond acceptors (Lipinski definition) is 0. The minimum atomic E-state index is 1.22. The summed E-state index contributed by atoms with van der Waals surface area (Å²) >= 11 is 0. The molecule has 56 heavy (non-hydrogen) atoms. The topological polar surface area (TPSA) is 0 Å². The number of hydrogen-bond donors (Lipinski definition) is 0. The van der Waals surface area contributed by atoms with Crippen molar-refractivity contribution >= 4 is 32.3 Å². The lowest BCUT2D eigenvalue weighted by atomic mass is 9.88. The summed E-state index contributed by atoms with van der Waals surface area (Å²) < 4.78 is 0. The molecule has 0 aliphatic carbocycles. The molecule has 10 rings (SSSR count). The summed E-state index contributed by atoms with van der Waals surface area (Å²) in [5, 5.41) is 7.69. The van der Waals surface area contributed by atoms with Gasteiger partial charge in [0.1, 0.15) is 0 Å². The van der Waals surface area contributed by atoms with E-state index in [0.29, 0.717) is 0 Å². The lowest BCUT2D eigenvalue weighted by Gasteiger charge is -2.16. The maximum absolute atomic E-state index is 2.43. The van der Waals surface area contributed by atoms with Gasteiger partial charge < -0.3 is 0 Å². The van der Waals surface area contributed by atoms with Gasteiger partial charge in [-0.2, -0.15) is 0 Å². The summed E-state index contributed by atoms with van der Waals surface area (Å²) in [6.07, 6.45) is 0. The highest BCUT2D eigenvalue weighted by Gasteiger charge is 2.14. The molecule has 264 valence electrons. The van der Waals surface area contributed by atoms with Gasteiger partial charge in [0.2, 0.25) is 0 Å². The second-order valence-corrected chi connectivity index (χ2v) is 15.0. The molecule has 0 unspecified atom stereocenters. The summed E-state index contributed by atoms with van der Waals surface area (Å²) in [5.41, 5.74) is 17.3. The predicted octanol–water partition coefficient (Wildman–Crippen LogP) is 15.8. The normalized spacial score (nSPS) is 11.4. The molecule has 0 fully saturated rings. The Bertz CT molecular complexity index is 2830. The van der Waals surface area contributed by atoms with E-state index in [1.165, 1.54) is 110 Å². The lowest BCUT2D eigenvalue weighted by molar-refractivity contribution is 1.46. The first-order valence-corrected chi connectivity index (χ1v) is 19.5.